The first kappa shape index (κ1) is 22.6. The van der Waals surface area contributed by atoms with Crippen molar-refractivity contribution in [3.63, 3.8) is 0 Å². The summed E-state index contributed by atoms with van der Waals surface area (Å²) < 4.78 is 11.3. The molecule has 1 aliphatic rings. The molecular formula is C23H17ClN2O6S. The number of halogens is 1. The van der Waals surface area contributed by atoms with E-state index in [-0.39, 0.29) is 45.9 Å². The molecule has 0 bridgehead atoms. The summed E-state index contributed by atoms with van der Waals surface area (Å²) in [5, 5.41) is 11.2. The smallest absolute Gasteiger partial charge is 0.293 e. The van der Waals surface area contributed by atoms with Crippen LogP contribution in [0.15, 0.2) is 63.9 Å². The van der Waals surface area contributed by atoms with Crippen LogP contribution in [-0.4, -0.2) is 34.1 Å². The minimum Gasteiger partial charge on any atom is -0.492 e. The number of ether oxygens (including phenoxy) is 1. The van der Waals surface area contributed by atoms with E-state index < -0.39 is 16.1 Å². The molecule has 0 saturated carbocycles. The zero-order valence-corrected chi connectivity index (χ0v) is 18.9. The number of thioether (sulfide) groups is 1. The number of hydrogen-bond acceptors (Lipinski definition) is 7. The monoisotopic (exact) mass is 484 g/mol. The van der Waals surface area contributed by atoms with E-state index in [0.717, 1.165) is 22.2 Å². The number of furan rings is 1. The third-order valence-corrected chi connectivity index (χ3v) is 5.91. The number of amides is 2. The minimum atomic E-state index is -0.548. The lowest BCUT2D eigenvalue weighted by Crippen LogP contribution is -2.32. The highest BCUT2D eigenvalue weighted by molar-refractivity contribution is 8.18. The first-order valence-electron chi connectivity index (χ1n) is 9.81. The molecule has 0 radical (unpaired) electrons. The van der Waals surface area contributed by atoms with Crippen LogP contribution in [0, 0.1) is 17.0 Å². The molecule has 3 aromatic rings. The Morgan fingerprint density at radius 3 is 2.76 bits per heavy atom. The average molecular weight is 485 g/mol. The van der Waals surface area contributed by atoms with Gasteiger partial charge in [0.2, 0.25) is 0 Å². The fraction of sp³-hybridized carbons (Fsp3) is 0.130. The van der Waals surface area contributed by atoms with Gasteiger partial charge in [-0.3, -0.25) is 24.6 Å². The van der Waals surface area contributed by atoms with E-state index in [1.54, 1.807) is 18.2 Å². The Labute approximate surface area is 197 Å². The summed E-state index contributed by atoms with van der Waals surface area (Å²) in [6, 6.07) is 14.9. The van der Waals surface area contributed by atoms with Crippen LogP contribution < -0.4 is 4.74 Å². The van der Waals surface area contributed by atoms with Crippen LogP contribution in [0.4, 0.5) is 10.5 Å². The van der Waals surface area contributed by atoms with E-state index >= 15 is 0 Å². The van der Waals surface area contributed by atoms with E-state index in [1.165, 1.54) is 24.3 Å². The number of aryl methyl sites for hydroxylation is 1. The third kappa shape index (κ3) is 5.10. The first-order valence-corrected chi connectivity index (χ1v) is 11.0. The molecule has 1 aliphatic heterocycles. The molecular weight excluding hydrogens is 468 g/mol. The van der Waals surface area contributed by atoms with E-state index in [0.29, 0.717) is 5.75 Å². The maximum atomic E-state index is 12.7. The van der Waals surface area contributed by atoms with Crippen LogP contribution in [0.2, 0.25) is 5.02 Å². The van der Waals surface area contributed by atoms with Gasteiger partial charge in [-0.15, -0.1) is 0 Å². The lowest BCUT2D eigenvalue weighted by atomic mass is 10.1. The molecule has 1 fully saturated rings. The average Bonchev–Trinajstić information content (AvgIpc) is 3.33. The Hall–Kier alpha value is -3.56. The van der Waals surface area contributed by atoms with Gasteiger partial charge >= 0.3 is 0 Å². The van der Waals surface area contributed by atoms with Gasteiger partial charge in [0.15, 0.2) is 0 Å². The number of carbonyl (C=O) groups excluding carboxylic acids is 2. The number of rotatable bonds is 7. The highest BCUT2D eigenvalue weighted by Gasteiger charge is 2.35. The second-order valence-electron chi connectivity index (χ2n) is 7.12. The molecule has 1 aromatic heterocycles. The molecule has 0 aliphatic carbocycles. The van der Waals surface area contributed by atoms with Gasteiger partial charge in [-0.1, -0.05) is 23.7 Å². The predicted molar refractivity (Wildman–Crippen MR) is 125 cm³/mol. The predicted octanol–water partition coefficient (Wildman–Crippen LogP) is 5.93. The summed E-state index contributed by atoms with van der Waals surface area (Å²) in [5.41, 5.74) is 1.10. The summed E-state index contributed by atoms with van der Waals surface area (Å²) in [6.07, 6.45) is 1.44. The molecule has 1 saturated heterocycles. The highest BCUT2D eigenvalue weighted by atomic mass is 35.5. The maximum Gasteiger partial charge on any atom is 0.293 e. The van der Waals surface area contributed by atoms with Crippen molar-refractivity contribution < 1.29 is 23.7 Å². The molecule has 0 spiro atoms. The van der Waals surface area contributed by atoms with Gasteiger partial charge in [0, 0.05) is 17.2 Å². The Bertz CT molecular complexity index is 1290. The minimum absolute atomic E-state index is 0.107. The van der Waals surface area contributed by atoms with Gasteiger partial charge in [0.25, 0.3) is 16.8 Å². The van der Waals surface area contributed by atoms with Crippen molar-refractivity contribution in [3.05, 3.63) is 86.0 Å². The summed E-state index contributed by atoms with van der Waals surface area (Å²) in [7, 11) is 0. The number of benzene rings is 2. The molecule has 0 atom stereocenters. The Morgan fingerprint density at radius 1 is 1.18 bits per heavy atom. The van der Waals surface area contributed by atoms with E-state index in [2.05, 4.69) is 0 Å². The van der Waals surface area contributed by atoms with E-state index in [1.807, 2.05) is 25.1 Å². The van der Waals surface area contributed by atoms with Gasteiger partial charge < -0.3 is 9.15 Å². The van der Waals surface area contributed by atoms with Crippen molar-refractivity contribution in [2.75, 3.05) is 13.2 Å². The van der Waals surface area contributed by atoms with Crippen molar-refractivity contribution in [2.45, 2.75) is 6.92 Å². The van der Waals surface area contributed by atoms with E-state index in [9.17, 15) is 19.7 Å². The first-order chi connectivity index (χ1) is 15.8. The summed E-state index contributed by atoms with van der Waals surface area (Å²) in [5.74, 6) is 0.747. The zero-order chi connectivity index (χ0) is 23.5. The van der Waals surface area contributed by atoms with E-state index in [4.69, 9.17) is 20.8 Å². The van der Waals surface area contributed by atoms with Crippen LogP contribution >= 0.6 is 23.4 Å². The van der Waals surface area contributed by atoms with Crippen molar-refractivity contribution in [1.29, 1.82) is 0 Å². The molecule has 0 N–H and O–H groups in total. The second-order valence-corrected chi connectivity index (χ2v) is 8.55. The number of nitrogens with zero attached hydrogens (tertiary/aromatic N) is 2. The van der Waals surface area contributed by atoms with Crippen LogP contribution in [0.5, 0.6) is 5.75 Å². The quantitative estimate of drug-likeness (QED) is 0.232. The standard InChI is InChI=1S/C23H17ClN2O6S/c1-14-3-2-4-16(11-14)31-10-9-25-22(27)21(33-23(25)28)13-17-6-8-20(32-17)18-7-5-15(24)12-19(18)26(29)30/h2-8,11-13H,9-10H2,1H3/b21-13-. The molecule has 2 aromatic carbocycles. The van der Waals surface area contributed by atoms with Crippen LogP contribution in [0.25, 0.3) is 17.4 Å². The number of hydrogen-bond donors (Lipinski definition) is 0. The molecule has 2 heterocycles. The van der Waals surface area contributed by atoms with Crippen LogP contribution in [-0.2, 0) is 4.79 Å². The summed E-state index contributed by atoms with van der Waals surface area (Å²) in [6.45, 7) is 2.22. The lowest BCUT2D eigenvalue weighted by molar-refractivity contribution is -0.384. The van der Waals surface area contributed by atoms with Gasteiger partial charge in [0.1, 0.15) is 23.9 Å². The molecule has 2 amide bonds. The largest absolute Gasteiger partial charge is 0.492 e. The summed E-state index contributed by atoms with van der Waals surface area (Å²) in [4.78, 5) is 37.1. The summed E-state index contributed by atoms with van der Waals surface area (Å²) >= 11 is 6.66. The molecule has 168 valence electrons. The Kier molecular flexibility index (Phi) is 6.52. The van der Waals surface area contributed by atoms with Crippen molar-refractivity contribution in [1.82, 2.24) is 4.90 Å². The Morgan fingerprint density at radius 2 is 2.00 bits per heavy atom. The number of nitro groups is 1. The molecule has 33 heavy (non-hydrogen) atoms. The maximum absolute atomic E-state index is 12.7. The second kappa shape index (κ2) is 9.51. The van der Waals surface area contributed by atoms with Crippen molar-refractivity contribution in [2.24, 2.45) is 0 Å². The lowest BCUT2D eigenvalue weighted by Gasteiger charge is -2.13. The van der Waals surface area contributed by atoms with Gasteiger partial charge in [-0.2, -0.15) is 0 Å². The van der Waals surface area contributed by atoms with Crippen molar-refractivity contribution in [3.8, 4) is 17.1 Å². The zero-order valence-electron chi connectivity index (χ0n) is 17.3. The number of imide groups is 1. The highest BCUT2D eigenvalue weighted by Crippen LogP contribution is 2.36. The Balaban J connectivity index is 1.46. The van der Waals surface area contributed by atoms with Crippen LogP contribution in [0.3, 0.4) is 0 Å². The third-order valence-electron chi connectivity index (χ3n) is 4.77. The topological polar surface area (TPSA) is 103 Å². The molecule has 8 nitrogen and oxygen atoms in total. The normalized spacial score (nSPS) is 14.8. The molecule has 0 unspecified atom stereocenters. The van der Waals surface area contributed by atoms with Gasteiger partial charge in [-0.05, 0) is 60.6 Å². The number of carbonyl (C=O) groups is 2. The van der Waals surface area contributed by atoms with Gasteiger partial charge in [0.05, 0.1) is 21.9 Å². The molecule has 10 heteroatoms. The SMILES string of the molecule is Cc1cccc(OCCN2C(=O)S/C(=C\c3ccc(-c4ccc(Cl)cc4[N+](=O)[O-])o3)C2=O)c1. The van der Waals surface area contributed by atoms with Crippen LogP contribution in [0.1, 0.15) is 11.3 Å². The van der Waals surface area contributed by atoms with Crippen molar-refractivity contribution >= 4 is 46.3 Å². The fourth-order valence-corrected chi connectivity index (χ4v) is 4.23. The molecule has 4 rings (SSSR count). The fourth-order valence-electron chi connectivity index (χ4n) is 3.22. The van der Waals surface area contributed by atoms with Gasteiger partial charge in [-0.25, -0.2) is 0 Å². The number of nitro benzene ring substituents is 1.